The van der Waals surface area contributed by atoms with Crippen LogP contribution in [0.3, 0.4) is 0 Å². The average molecular weight is 356 g/mol. The standard InChI is InChI=1S/C17H25N3O3.ClH/c1-23-10-9-18-7-8-19-16(21)4-2-3-13-5-6-15-14(11-13)12-17(22)20-15;/h5-6,11,18H,2-4,7-10,12H2,1H3,(H,19,21)(H,20,22);1H. The molecule has 3 N–H and O–H groups in total. The van der Waals surface area contributed by atoms with Crippen LogP contribution in [-0.4, -0.2) is 45.2 Å². The molecule has 0 spiro atoms. The van der Waals surface area contributed by atoms with Crippen LogP contribution in [0.1, 0.15) is 24.0 Å². The van der Waals surface area contributed by atoms with E-state index in [1.807, 2.05) is 12.1 Å². The van der Waals surface area contributed by atoms with Crippen molar-refractivity contribution in [2.45, 2.75) is 25.7 Å². The number of rotatable bonds is 10. The highest BCUT2D eigenvalue weighted by Gasteiger charge is 2.17. The SMILES string of the molecule is COCCNCCNC(=O)CCCc1ccc2c(c1)CC(=O)N2.Cl. The predicted molar refractivity (Wildman–Crippen MR) is 96.7 cm³/mol. The van der Waals surface area contributed by atoms with Gasteiger partial charge in [-0.1, -0.05) is 12.1 Å². The third-order valence-electron chi connectivity index (χ3n) is 3.77. The number of fused-ring (bicyclic) bond motifs is 1. The van der Waals surface area contributed by atoms with E-state index in [0.29, 0.717) is 26.0 Å². The number of carbonyl (C=O) groups excluding carboxylic acids is 2. The normalized spacial score (nSPS) is 12.3. The van der Waals surface area contributed by atoms with Gasteiger partial charge in [0.15, 0.2) is 0 Å². The maximum Gasteiger partial charge on any atom is 0.228 e. The Hall–Kier alpha value is -1.63. The number of ether oxygens (including phenoxy) is 1. The van der Waals surface area contributed by atoms with Crippen molar-refractivity contribution in [3.63, 3.8) is 0 Å². The molecule has 0 saturated carbocycles. The molecule has 0 unspecified atom stereocenters. The molecule has 7 heteroatoms. The van der Waals surface area contributed by atoms with E-state index < -0.39 is 0 Å². The number of aryl methyl sites for hydroxylation is 1. The Morgan fingerprint density at radius 3 is 2.92 bits per heavy atom. The number of benzene rings is 1. The topological polar surface area (TPSA) is 79.5 Å². The van der Waals surface area contributed by atoms with E-state index in [2.05, 4.69) is 22.0 Å². The van der Waals surface area contributed by atoms with Gasteiger partial charge in [-0.05, 0) is 30.0 Å². The molecule has 0 bridgehead atoms. The highest BCUT2D eigenvalue weighted by molar-refractivity contribution is 5.99. The zero-order valence-electron chi connectivity index (χ0n) is 14.0. The van der Waals surface area contributed by atoms with Crippen LogP contribution < -0.4 is 16.0 Å². The summed E-state index contributed by atoms with van der Waals surface area (Å²) < 4.78 is 4.93. The summed E-state index contributed by atoms with van der Waals surface area (Å²) in [6.07, 6.45) is 2.64. The van der Waals surface area contributed by atoms with Crippen LogP contribution in [0.2, 0.25) is 0 Å². The molecule has 0 atom stereocenters. The summed E-state index contributed by atoms with van der Waals surface area (Å²) in [4.78, 5) is 23.1. The Balaban J connectivity index is 0.00000288. The quantitative estimate of drug-likeness (QED) is 0.552. The Morgan fingerprint density at radius 2 is 2.12 bits per heavy atom. The van der Waals surface area contributed by atoms with E-state index in [0.717, 1.165) is 37.2 Å². The number of amides is 2. The van der Waals surface area contributed by atoms with Gasteiger partial charge in [0.1, 0.15) is 0 Å². The summed E-state index contributed by atoms with van der Waals surface area (Å²) in [6.45, 7) is 2.86. The van der Waals surface area contributed by atoms with Crippen LogP contribution >= 0.6 is 12.4 Å². The molecule has 1 aliphatic heterocycles. The molecule has 2 amide bonds. The second-order valence-corrected chi connectivity index (χ2v) is 5.66. The van der Waals surface area contributed by atoms with Crippen LogP contribution in [0.15, 0.2) is 18.2 Å². The first-order chi connectivity index (χ1) is 11.2. The molecular formula is C17H26ClN3O3. The molecule has 6 nitrogen and oxygen atoms in total. The molecule has 24 heavy (non-hydrogen) atoms. The van der Waals surface area contributed by atoms with Gasteiger partial charge in [-0.15, -0.1) is 12.4 Å². The fourth-order valence-electron chi connectivity index (χ4n) is 2.57. The summed E-state index contributed by atoms with van der Waals surface area (Å²) in [5.74, 6) is 0.132. The molecular weight excluding hydrogens is 330 g/mol. The van der Waals surface area contributed by atoms with Crippen molar-refractivity contribution in [2.24, 2.45) is 0 Å². The highest BCUT2D eigenvalue weighted by atomic mass is 35.5. The smallest absolute Gasteiger partial charge is 0.228 e. The number of anilines is 1. The Morgan fingerprint density at radius 1 is 1.29 bits per heavy atom. The maximum atomic E-state index is 11.7. The summed E-state index contributed by atoms with van der Waals surface area (Å²) in [5.41, 5.74) is 3.14. The molecule has 0 saturated heterocycles. The second kappa shape index (κ2) is 11.0. The van der Waals surface area contributed by atoms with Gasteiger partial charge in [0.2, 0.25) is 11.8 Å². The number of methoxy groups -OCH3 is 1. The van der Waals surface area contributed by atoms with Crippen molar-refractivity contribution in [2.75, 3.05) is 38.7 Å². The molecule has 1 heterocycles. The van der Waals surface area contributed by atoms with Gasteiger partial charge in [0, 0.05) is 38.9 Å². The van der Waals surface area contributed by atoms with Gasteiger partial charge < -0.3 is 20.7 Å². The van der Waals surface area contributed by atoms with Crippen molar-refractivity contribution < 1.29 is 14.3 Å². The van der Waals surface area contributed by atoms with Crippen molar-refractivity contribution in [3.8, 4) is 0 Å². The zero-order valence-corrected chi connectivity index (χ0v) is 14.8. The van der Waals surface area contributed by atoms with E-state index in [-0.39, 0.29) is 24.2 Å². The van der Waals surface area contributed by atoms with E-state index in [1.54, 1.807) is 7.11 Å². The van der Waals surface area contributed by atoms with E-state index in [9.17, 15) is 9.59 Å². The number of hydrogen-bond acceptors (Lipinski definition) is 4. The van der Waals surface area contributed by atoms with Crippen LogP contribution in [0.25, 0.3) is 0 Å². The fourth-order valence-corrected chi connectivity index (χ4v) is 2.57. The fraction of sp³-hybridized carbons (Fsp3) is 0.529. The van der Waals surface area contributed by atoms with Crippen molar-refractivity contribution >= 4 is 29.9 Å². The van der Waals surface area contributed by atoms with Crippen LogP contribution in [0, 0.1) is 0 Å². The summed E-state index contributed by atoms with van der Waals surface area (Å²) in [6, 6.07) is 6.02. The minimum atomic E-state index is 0. The number of halogens is 1. The molecule has 134 valence electrons. The average Bonchev–Trinajstić information content (AvgIpc) is 2.90. The van der Waals surface area contributed by atoms with Gasteiger partial charge in [0.05, 0.1) is 13.0 Å². The molecule has 2 rings (SSSR count). The molecule has 1 aromatic rings. The number of nitrogens with one attached hydrogen (secondary N) is 3. The van der Waals surface area contributed by atoms with Crippen LogP contribution in [0.5, 0.6) is 0 Å². The summed E-state index contributed by atoms with van der Waals surface area (Å²) in [5, 5.41) is 8.90. The Kier molecular flexibility index (Phi) is 9.37. The number of hydrogen-bond donors (Lipinski definition) is 3. The van der Waals surface area contributed by atoms with Gasteiger partial charge in [-0.3, -0.25) is 9.59 Å². The van der Waals surface area contributed by atoms with Gasteiger partial charge in [0.25, 0.3) is 0 Å². The van der Waals surface area contributed by atoms with Gasteiger partial charge >= 0.3 is 0 Å². The molecule has 1 aromatic carbocycles. The minimum Gasteiger partial charge on any atom is -0.383 e. The molecule has 0 aromatic heterocycles. The first-order valence-corrected chi connectivity index (χ1v) is 8.07. The molecule has 0 fully saturated rings. The molecule has 1 aliphatic rings. The van der Waals surface area contributed by atoms with Crippen molar-refractivity contribution in [1.82, 2.24) is 10.6 Å². The maximum absolute atomic E-state index is 11.7. The predicted octanol–water partition coefficient (Wildman–Crippen LogP) is 1.28. The van der Waals surface area contributed by atoms with Gasteiger partial charge in [-0.25, -0.2) is 0 Å². The lowest BCUT2D eigenvalue weighted by atomic mass is 10.0. The van der Waals surface area contributed by atoms with E-state index in [4.69, 9.17) is 4.74 Å². The lowest BCUT2D eigenvalue weighted by Crippen LogP contribution is -2.32. The first kappa shape index (κ1) is 20.4. The lowest BCUT2D eigenvalue weighted by Gasteiger charge is -2.07. The monoisotopic (exact) mass is 355 g/mol. The second-order valence-electron chi connectivity index (χ2n) is 5.66. The zero-order chi connectivity index (χ0) is 16.5. The van der Waals surface area contributed by atoms with E-state index >= 15 is 0 Å². The molecule has 0 aliphatic carbocycles. The lowest BCUT2D eigenvalue weighted by molar-refractivity contribution is -0.121. The highest BCUT2D eigenvalue weighted by Crippen LogP contribution is 2.24. The van der Waals surface area contributed by atoms with Crippen molar-refractivity contribution in [1.29, 1.82) is 0 Å². The first-order valence-electron chi connectivity index (χ1n) is 8.07. The third-order valence-corrected chi connectivity index (χ3v) is 3.77. The van der Waals surface area contributed by atoms with Crippen LogP contribution in [0.4, 0.5) is 5.69 Å². The Bertz CT molecular complexity index is 552. The minimum absolute atomic E-state index is 0. The number of carbonyl (C=O) groups is 2. The van der Waals surface area contributed by atoms with Crippen LogP contribution in [-0.2, 0) is 27.2 Å². The largest absolute Gasteiger partial charge is 0.383 e. The van der Waals surface area contributed by atoms with E-state index in [1.165, 1.54) is 5.56 Å². The summed E-state index contributed by atoms with van der Waals surface area (Å²) >= 11 is 0. The third kappa shape index (κ3) is 6.86. The molecule has 0 radical (unpaired) electrons. The van der Waals surface area contributed by atoms with Crippen molar-refractivity contribution in [3.05, 3.63) is 29.3 Å². The van der Waals surface area contributed by atoms with Gasteiger partial charge in [-0.2, -0.15) is 0 Å². The summed E-state index contributed by atoms with van der Waals surface area (Å²) in [7, 11) is 1.67. The Labute approximate surface area is 149 Å².